The molecule has 0 unspecified atom stereocenters. The summed E-state index contributed by atoms with van der Waals surface area (Å²) >= 11 is 12.2. The van der Waals surface area contributed by atoms with Crippen molar-refractivity contribution in [2.45, 2.75) is 26.9 Å². The molecule has 0 saturated heterocycles. The Bertz CT molecular complexity index is 1060. The maximum Gasteiger partial charge on any atom is 0.344 e. The van der Waals surface area contributed by atoms with E-state index in [4.69, 9.17) is 27.9 Å². The fourth-order valence-electron chi connectivity index (χ4n) is 3.01. The topological polar surface area (TPSA) is 79.0 Å². The number of nitrogens with zero attached hydrogens (tertiary/aromatic N) is 4. The highest BCUT2D eigenvalue weighted by molar-refractivity contribution is 6.42. The SMILES string of the molecule is CCOC(=O)c1c(-c2ccc(Cl)c(Cl)c2)n(CC)c(Cn2cncn2)cc1=O. The van der Waals surface area contributed by atoms with Crippen LogP contribution >= 0.6 is 23.2 Å². The number of pyridine rings is 1. The second-order valence-corrected chi connectivity index (χ2v) is 6.72. The van der Waals surface area contributed by atoms with Crippen LogP contribution in [0.25, 0.3) is 11.3 Å². The molecule has 0 atom stereocenters. The molecule has 2 aromatic heterocycles. The molecule has 28 heavy (non-hydrogen) atoms. The lowest BCUT2D eigenvalue weighted by Crippen LogP contribution is -2.25. The van der Waals surface area contributed by atoms with Crippen molar-refractivity contribution in [1.82, 2.24) is 19.3 Å². The fraction of sp³-hybridized carbons (Fsp3) is 0.263. The summed E-state index contributed by atoms with van der Waals surface area (Å²) in [6.07, 6.45) is 2.98. The Balaban J connectivity index is 2.29. The number of hydrogen-bond acceptors (Lipinski definition) is 5. The predicted molar refractivity (Wildman–Crippen MR) is 107 cm³/mol. The Hall–Kier alpha value is -2.64. The van der Waals surface area contributed by atoms with Crippen molar-refractivity contribution in [2.75, 3.05) is 6.61 Å². The molecule has 146 valence electrons. The minimum atomic E-state index is -0.678. The minimum Gasteiger partial charge on any atom is -0.462 e. The molecule has 7 nitrogen and oxygen atoms in total. The third-order valence-corrected chi connectivity index (χ3v) is 4.92. The fourth-order valence-corrected chi connectivity index (χ4v) is 3.31. The Morgan fingerprint density at radius 3 is 2.57 bits per heavy atom. The highest BCUT2D eigenvalue weighted by atomic mass is 35.5. The maximum atomic E-state index is 12.9. The van der Waals surface area contributed by atoms with Gasteiger partial charge in [-0.25, -0.2) is 14.5 Å². The smallest absolute Gasteiger partial charge is 0.344 e. The number of rotatable bonds is 6. The van der Waals surface area contributed by atoms with Crippen molar-refractivity contribution in [2.24, 2.45) is 0 Å². The van der Waals surface area contributed by atoms with Crippen molar-refractivity contribution >= 4 is 29.2 Å². The number of carbonyl (C=O) groups is 1. The number of halogens is 2. The summed E-state index contributed by atoms with van der Waals surface area (Å²) < 4.78 is 8.60. The van der Waals surface area contributed by atoms with E-state index in [0.717, 1.165) is 0 Å². The normalized spacial score (nSPS) is 10.9. The van der Waals surface area contributed by atoms with Crippen LogP contribution in [0.15, 0.2) is 41.7 Å². The van der Waals surface area contributed by atoms with Gasteiger partial charge in [-0.05, 0) is 26.0 Å². The monoisotopic (exact) mass is 420 g/mol. The van der Waals surface area contributed by atoms with Gasteiger partial charge in [0, 0.05) is 23.9 Å². The third-order valence-electron chi connectivity index (χ3n) is 4.18. The van der Waals surface area contributed by atoms with E-state index in [0.29, 0.717) is 40.1 Å². The first-order chi connectivity index (χ1) is 13.5. The Morgan fingerprint density at radius 2 is 1.96 bits per heavy atom. The van der Waals surface area contributed by atoms with Gasteiger partial charge in [0.15, 0.2) is 5.43 Å². The summed E-state index contributed by atoms with van der Waals surface area (Å²) in [5.41, 5.74) is 1.23. The van der Waals surface area contributed by atoms with Crippen LogP contribution in [0.5, 0.6) is 0 Å². The van der Waals surface area contributed by atoms with E-state index >= 15 is 0 Å². The van der Waals surface area contributed by atoms with Crippen LogP contribution in [0.2, 0.25) is 10.0 Å². The molecule has 0 amide bonds. The molecule has 0 N–H and O–H groups in total. The first kappa shape index (κ1) is 20.1. The van der Waals surface area contributed by atoms with Crippen molar-refractivity contribution in [3.8, 4) is 11.3 Å². The lowest BCUT2D eigenvalue weighted by molar-refractivity contribution is 0.0525. The second kappa shape index (κ2) is 8.58. The van der Waals surface area contributed by atoms with Crippen LogP contribution in [0.3, 0.4) is 0 Å². The first-order valence-corrected chi connectivity index (χ1v) is 9.43. The van der Waals surface area contributed by atoms with Gasteiger partial charge < -0.3 is 9.30 Å². The highest BCUT2D eigenvalue weighted by Crippen LogP contribution is 2.31. The molecule has 3 aromatic rings. The summed E-state index contributed by atoms with van der Waals surface area (Å²) in [7, 11) is 0. The average molecular weight is 421 g/mol. The Kier molecular flexibility index (Phi) is 6.16. The van der Waals surface area contributed by atoms with Crippen LogP contribution in [-0.2, 0) is 17.8 Å². The molecule has 3 rings (SSSR count). The summed E-state index contributed by atoms with van der Waals surface area (Å²) in [5.74, 6) is -0.678. The molecular weight excluding hydrogens is 403 g/mol. The van der Waals surface area contributed by atoms with Crippen LogP contribution in [0.1, 0.15) is 29.9 Å². The van der Waals surface area contributed by atoms with Crippen molar-refractivity contribution in [3.63, 3.8) is 0 Å². The predicted octanol–water partition coefficient (Wildman–Crippen LogP) is 3.66. The Labute approximate surface area is 171 Å². The first-order valence-electron chi connectivity index (χ1n) is 8.67. The van der Waals surface area contributed by atoms with Crippen LogP contribution in [-0.4, -0.2) is 31.9 Å². The van der Waals surface area contributed by atoms with Gasteiger partial charge in [0.1, 0.15) is 18.2 Å². The molecule has 0 aliphatic heterocycles. The van der Waals surface area contributed by atoms with Gasteiger partial charge in [-0.1, -0.05) is 29.3 Å². The summed E-state index contributed by atoms with van der Waals surface area (Å²) in [5, 5.41) is 4.80. The van der Waals surface area contributed by atoms with Gasteiger partial charge in [-0.3, -0.25) is 4.79 Å². The zero-order valence-corrected chi connectivity index (χ0v) is 16.9. The summed E-state index contributed by atoms with van der Waals surface area (Å²) in [6.45, 7) is 4.60. The van der Waals surface area contributed by atoms with Crippen LogP contribution < -0.4 is 5.43 Å². The average Bonchev–Trinajstić information content (AvgIpc) is 3.16. The number of benzene rings is 1. The van der Waals surface area contributed by atoms with E-state index in [1.54, 1.807) is 36.1 Å². The van der Waals surface area contributed by atoms with E-state index in [1.165, 1.54) is 12.4 Å². The molecule has 2 heterocycles. The van der Waals surface area contributed by atoms with Gasteiger partial charge in [0.05, 0.1) is 28.9 Å². The zero-order chi connectivity index (χ0) is 20.3. The molecule has 0 saturated carbocycles. The zero-order valence-electron chi connectivity index (χ0n) is 15.4. The molecular formula is C19H18Cl2N4O3. The quantitative estimate of drug-likeness (QED) is 0.568. The molecule has 0 aliphatic carbocycles. The second-order valence-electron chi connectivity index (χ2n) is 5.91. The molecule has 0 spiro atoms. The van der Waals surface area contributed by atoms with Gasteiger partial charge in [0.25, 0.3) is 0 Å². The molecule has 1 aromatic carbocycles. The van der Waals surface area contributed by atoms with Gasteiger partial charge in [0.2, 0.25) is 0 Å². The molecule has 0 bridgehead atoms. The van der Waals surface area contributed by atoms with E-state index in [9.17, 15) is 9.59 Å². The number of esters is 1. The van der Waals surface area contributed by atoms with E-state index in [2.05, 4.69) is 10.1 Å². The van der Waals surface area contributed by atoms with Crippen molar-refractivity contribution < 1.29 is 9.53 Å². The molecule has 0 aliphatic rings. The minimum absolute atomic E-state index is 0.0376. The number of aromatic nitrogens is 4. The molecule has 9 heteroatoms. The van der Waals surface area contributed by atoms with Crippen LogP contribution in [0, 0.1) is 0 Å². The highest BCUT2D eigenvalue weighted by Gasteiger charge is 2.24. The summed E-state index contributed by atoms with van der Waals surface area (Å²) in [4.78, 5) is 29.4. The largest absolute Gasteiger partial charge is 0.462 e. The van der Waals surface area contributed by atoms with E-state index in [1.807, 2.05) is 11.5 Å². The van der Waals surface area contributed by atoms with E-state index < -0.39 is 11.4 Å². The standard InChI is InChI=1S/C19H18Cl2N4O3/c1-3-25-13(9-24-11-22-10-23-24)8-16(26)17(19(27)28-4-2)18(25)12-5-6-14(20)15(21)7-12/h5-8,10-11H,3-4,9H2,1-2H3. The van der Waals surface area contributed by atoms with Crippen molar-refractivity contribution in [3.05, 3.63) is 68.4 Å². The number of ether oxygens (including phenoxy) is 1. The summed E-state index contributed by atoms with van der Waals surface area (Å²) in [6, 6.07) is 6.41. The van der Waals surface area contributed by atoms with Gasteiger partial charge >= 0.3 is 5.97 Å². The van der Waals surface area contributed by atoms with Crippen molar-refractivity contribution in [1.29, 1.82) is 0 Å². The number of hydrogen-bond donors (Lipinski definition) is 0. The van der Waals surface area contributed by atoms with E-state index in [-0.39, 0.29) is 12.2 Å². The Morgan fingerprint density at radius 1 is 1.18 bits per heavy atom. The maximum absolute atomic E-state index is 12.9. The number of carbonyl (C=O) groups excluding carboxylic acids is 1. The lowest BCUT2D eigenvalue weighted by Gasteiger charge is -2.20. The lowest BCUT2D eigenvalue weighted by atomic mass is 10.0. The molecule has 0 fully saturated rings. The van der Waals surface area contributed by atoms with Crippen LogP contribution in [0.4, 0.5) is 0 Å². The van der Waals surface area contributed by atoms with Gasteiger partial charge in [-0.2, -0.15) is 5.10 Å². The molecule has 0 radical (unpaired) electrons. The van der Waals surface area contributed by atoms with Gasteiger partial charge in [-0.15, -0.1) is 0 Å². The third kappa shape index (κ3) is 3.95.